The summed E-state index contributed by atoms with van der Waals surface area (Å²) in [4.78, 5) is 38.2. The first-order valence-corrected chi connectivity index (χ1v) is 11.3. The zero-order valence-electron chi connectivity index (χ0n) is 18.5. The van der Waals surface area contributed by atoms with Crippen LogP contribution in [0.1, 0.15) is 66.2 Å². The molecule has 2 N–H and O–H groups in total. The third-order valence-corrected chi connectivity index (χ3v) is 7.03. The SMILES string of the molecule is CC(=O)NC12CC3CC(C1)C(OC(=O)N1CCC(NC(=O)OC(C)(C)C)C1)[C@H](C3)C2. The van der Waals surface area contributed by atoms with E-state index in [4.69, 9.17) is 9.47 Å². The molecular weight excluding hydrogens is 386 g/mol. The Morgan fingerprint density at radius 3 is 2.33 bits per heavy atom. The Hall–Kier alpha value is -1.99. The Labute approximate surface area is 178 Å². The number of carbonyl (C=O) groups excluding carboxylic acids is 3. The molecule has 6 atom stereocenters. The smallest absolute Gasteiger partial charge is 0.410 e. The highest BCUT2D eigenvalue weighted by molar-refractivity contribution is 5.74. The van der Waals surface area contributed by atoms with Crippen LogP contribution in [0.3, 0.4) is 0 Å². The van der Waals surface area contributed by atoms with E-state index in [9.17, 15) is 14.4 Å². The van der Waals surface area contributed by atoms with Crippen LogP contribution in [0.4, 0.5) is 9.59 Å². The molecule has 0 spiro atoms. The van der Waals surface area contributed by atoms with Gasteiger partial charge in [-0.15, -0.1) is 0 Å². The average molecular weight is 422 g/mol. The number of nitrogens with zero attached hydrogens (tertiary/aromatic N) is 1. The number of alkyl carbamates (subject to hydrolysis) is 1. The fraction of sp³-hybridized carbons (Fsp3) is 0.864. The van der Waals surface area contributed by atoms with Gasteiger partial charge in [-0.1, -0.05) is 0 Å². The molecule has 1 saturated heterocycles. The van der Waals surface area contributed by atoms with Gasteiger partial charge in [-0.2, -0.15) is 0 Å². The molecule has 4 saturated carbocycles. The molecule has 0 aromatic heterocycles. The van der Waals surface area contributed by atoms with Crippen LogP contribution in [0.2, 0.25) is 0 Å². The number of ether oxygens (including phenoxy) is 2. The van der Waals surface area contributed by atoms with Crippen LogP contribution in [-0.4, -0.2) is 59.4 Å². The van der Waals surface area contributed by atoms with E-state index in [0.29, 0.717) is 37.3 Å². The molecule has 168 valence electrons. The molecule has 0 aromatic rings. The lowest BCUT2D eigenvalue weighted by Gasteiger charge is -2.59. The van der Waals surface area contributed by atoms with E-state index >= 15 is 0 Å². The summed E-state index contributed by atoms with van der Waals surface area (Å²) in [6, 6.07) is -0.117. The first kappa shape index (κ1) is 21.2. The molecule has 0 radical (unpaired) electrons. The van der Waals surface area contributed by atoms with Crippen molar-refractivity contribution in [2.45, 2.75) is 89.5 Å². The Bertz CT molecular complexity index is 702. The molecule has 5 fully saturated rings. The molecule has 0 aromatic carbocycles. The lowest BCUT2D eigenvalue weighted by molar-refractivity contribution is -0.137. The Morgan fingerprint density at radius 2 is 1.73 bits per heavy atom. The predicted molar refractivity (Wildman–Crippen MR) is 110 cm³/mol. The van der Waals surface area contributed by atoms with Crippen LogP contribution in [0.15, 0.2) is 0 Å². The quantitative estimate of drug-likeness (QED) is 0.730. The molecule has 8 heteroatoms. The largest absolute Gasteiger partial charge is 0.446 e. The number of amides is 3. The van der Waals surface area contributed by atoms with Gasteiger partial charge in [-0.3, -0.25) is 4.79 Å². The monoisotopic (exact) mass is 421 g/mol. The van der Waals surface area contributed by atoms with Crippen LogP contribution in [-0.2, 0) is 14.3 Å². The van der Waals surface area contributed by atoms with Crippen LogP contribution in [0.25, 0.3) is 0 Å². The second-order valence-electron chi connectivity index (χ2n) is 10.9. The minimum absolute atomic E-state index is 0.0334. The average Bonchev–Trinajstić information content (AvgIpc) is 3.02. The van der Waals surface area contributed by atoms with E-state index in [0.717, 1.165) is 32.1 Å². The molecular formula is C22H35N3O5. The molecule has 3 amide bonds. The highest BCUT2D eigenvalue weighted by Gasteiger charge is 2.57. The number of rotatable bonds is 3. The number of hydrogen-bond acceptors (Lipinski definition) is 5. The lowest BCUT2D eigenvalue weighted by Crippen LogP contribution is -2.64. The summed E-state index contributed by atoms with van der Waals surface area (Å²) < 4.78 is 11.3. The normalized spacial score (nSPS) is 37.1. The van der Waals surface area contributed by atoms with Gasteiger partial charge in [-0.25, -0.2) is 9.59 Å². The summed E-state index contributed by atoms with van der Waals surface area (Å²) in [5.74, 6) is 1.31. The van der Waals surface area contributed by atoms with E-state index in [-0.39, 0.29) is 29.7 Å². The van der Waals surface area contributed by atoms with Crippen molar-refractivity contribution in [3.8, 4) is 0 Å². The molecule has 4 aliphatic carbocycles. The molecule has 4 bridgehead atoms. The summed E-state index contributed by atoms with van der Waals surface area (Å²) in [6.45, 7) is 8.08. The van der Waals surface area contributed by atoms with Crippen LogP contribution in [0.5, 0.6) is 0 Å². The molecule has 8 nitrogen and oxygen atoms in total. The standard InChI is InChI=1S/C22H35N3O5/c1-13(26)24-22-9-14-7-15(10-22)18(16(8-14)11-22)29-20(28)25-6-5-17(12-25)23-19(27)30-21(2,3)4/h14-18H,5-12H2,1-4H3,(H,23,27)(H,24,26)/t14?,15-,16?,17?,18?,22?/m1/s1. The molecule has 5 unspecified atom stereocenters. The molecule has 5 rings (SSSR count). The van der Waals surface area contributed by atoms with E-state index in [1.54, 1.807) is 11.8 Å². The van der Waals surface area contributed by atoms with Gasteiger partial charge in [-0.05, 0) is 77.0 Å². The first-order chi connectivity index (χ1) is 14.0. The van der Waals surface area contributed by atoms with Crippen molar-refractivity contribution in [1.29, 1.82) is 0 Å². The van der Waals surface area contributed by atoms with Gasteiger partial charge in [0, 0.05) is 25.6 Å². The fourth-order valence-corrected chi connectivity index (χ4v) is 6.41. The van der Waals surface area contributed by atoms with Crippen molar-refractivity contribution in [3.63, 3.8) is 0 Å². The van der Waals surface area contributed by atoms with Crippen molar-refractivity contribution in [3.05, 3.63) is 0 Å². The maximum absolute atomic E-state index is 12.8. The Morgan fingerprint density at radius 1 is 1.07 bits per heavy atom. The zero-order chi connectivity index (χ0) is 21.7. The van der Waals surface area contributed by atoms with Gasteiger partial charge in [0.25, 0.3) is 0 Å². The van der Waals surface area contributed by atoms with Crippen molar-refractivity contribution in [2.24, 2.45) is 17.8 Å². The van der Waals surface area contributed by atoms with Gasteiger partial charge >= 0.3 is 12.2 Å². The lowest BCUT2D eigenvalue weighted by atomic mass is 9.51. The second-order valence-corrected chi connectivity index (χ2v) is 10.9. The summed E-state index contributed by atoms with van der Waals surface area (Å²) in [7, 11) is 0. The van der Waals surface area contributed by atoms with Crippen LogP contribution in [0, 0.1) is 17.8 Å². The van der Waals surface area contributed by atoms with Crippen molar-refractivity contribution in [1.82, 2.24) is 15.5 Å². The Kier molecular flexibility index (Phi) is 5.39. The van der Waals surface area contributed by atoms with Gasteiger partial charge < -0.3 is 25.0 Å². The van der Waals surface area contributed by atoms with Gasteiger partial charge in [0.1, 0.15) is 11.7 Å². The summed E-state index contributed by atoms with van der Waals surface area (Å²) >= 11 is 0. The predicted octanol–water partition coefficient (Wildman–Crippen LogP) is 2.81. The number of likely N-dealkylation sites (tertiary alicyclic amines) is 1. The maximum Gasteiger partial charge on any atom is 0.410 e. The highest BCUT2D eigenvalue weighted by atomic mass is 16.6. The number of nitrogens with one attached hydrogen (secondary N) is 2. The third-order valence-electron chi connectivity index (χ3n) is 7.03. The van der Waals surface area contributed by atoms with Crippen molar-refractivity contribution < 1.29 is 23.9 Å². The highest BCUT2D eigenvalue weighted by Crippen LogP contribution is 2.56. The number of hydrogen-bond donors (Lipinski definition) is 2. The maximum atomic E-state index is 12.8. The summed E-state index contributed by atoms with van der Waals surface area (Å²) in [5, 5.41) is 6.06. The van der Waals surface area contributed by atoms with E-state index in [2.05, 4.69) is 10.6 Å². The van der Waals surface area contributed by atoms with Crippen molar-refractivity contribution in [2.75, 3.05) is 13.1 Å². The molecule has 1 heterocycles. The first-order valence-electron chi connectivity index (χ1n) is 11.3. The topological polar surface area (TPSA) is 97.0 Å². The van der Waals surface area contributed by atoms with E-state index in [1.807, 2.05) is 20.8 Å². The fourth-order valence-electron chi connectivity index (χ4n) is 6.41. The number of carbonyl (C=O) groups is 3. The molecule has 5 aliphatic rings. The summed E-state index contributed by atoms with van der Waals surface area (Å²) in [6.07, 6.45) is 4.93. The van der Waals surface area contributed by atoms with Crippen LogP contribution >= 0.6 is 0 Å². The minimum atomic E-state index is -0.546. The van der Waals surface area contributed by atoms with E-state index < -0.39 is 11.7 Å². The van der Waals surface area contributed by atoms with Crippen LogP contribution < -0.4 is 10.6 Å². The minimum Gasteiger partial charge on any atom is -0.446 e. The second kappa shape index (κ2) is 7.61. The zero-order valence-corrected chi connectivity index (χ0v) is 18.5. The van der Waals surface area contributed by atoms with Gasteiger partial charge in [0.05, 0.1) is 6.04 Å². The Balaban J connectivity index is 1.30. The third kappa shape index (κ3) is 4.52. The van der Waals surface area contributed by atoms with Crippen molar-refractivity contribution >= 4 is 18.1 Å². The summed E-state index contributed by atoms with van der Waals surface area (Å²) in [5.41, 5.74) is -0.642. The van der Waals surface area contributed by atoms with Gasteiger partial charge in [0.15, 0.2) is 0 Å². The molecule has 30 heavy (non-hydrogen) atoms. The van der Waals surface area contributed by atoms with E-state index in [1.165, 1.54) is 0 Å². The van der Waals surface area contributed by atoms with Gasteiger partial charge in [0.2, 0.25) is 5.91 Å². The molecule has 1 aliphatic heterocycles.